The molecule has 1 amide bonds. The van der Waals surface area contributed by atoms with Crippen LogP contribution in [0.2, 0.25) is 0 Å². The number of rotatable bonds is 28. The van der Waals surface area contributed by atoms with Crippen LogP contribution in [0.1, 0.15) is 75.5 Å². The topological polar surface area (TPSA) is 393 Å². The SMILES string of the molecule is CCOP(=O)(O)CNC(=O)c1ccc(CN2CCN(C[C@H](C)O)CCN(C[C@H](C)O)CC2)cc1.C[C@H](O)CN1CCN(Cc2ccc(S(=O)(=O)NCP(=O)([O-])O)cc2)CCN(C[C@H](C)O)CC1.C[C@H](O)CN1CCN(Cc2ccc(S(N)(=O)=O)cc2)CCN(C[C@H](C)O)CC1. The van der Waals surface area contributed by atoms with Crippen LogP contribution in [-0.4, -0.2) is 320 Å². The Balaban J connectivity index is 0.000000305. The second kappa shape index (κ2) is 42.0. The molecule has 3 aliphatic rings. The number of carbonyl (C=O) groups is 1. The largest absolute Gasteiger partial charge is 0.778 e. The van der Waals surface area contributed by atoms with Crippen molar-refractivity contribution in [2.45, 2.75) is 115 Å². The lowest BCUT2D eigenvalue weighted by Gasteiger charge is -2.27. The van der Waals surface area contributed by atoms with Gasteiger partial charge in [0.05, 0.1) is 59.3 Å². The van der Waals surface area contributed by atoms with Crippen LogP contribution in [0.3, 0.4) is 0 Å². The lowest BCUT2D eigenvalue weighted by Crippen LogP contribution is -2.41. The van der Waals surface area contributed by atoms with Crippen LogP contribution in [-0.2, 0) is 53.3 Å². The molecule has 6 rings (SSSR count). The van der Waals surface area contributed by atoms with E-state index in [1.165, 1.54) is 12.1 Å². The minimum absolute atomic E-state index is 0.0876. The smallest absolute Gasteiger partial charge is 0.347 e. The number of hydrogen-bond donors (Lipinski definition) is 11. The number of hydrogen-bond acceptors (Lipinski definition) is 24. The zero-order valence-corrected chi connectivity index (χ0v) is 60.1. The Morgan fingerprint density at radius 3 is 0.958 bits per heavy atom. The summed E-state index contributed by atoms with van der Waals surface area (Å²) in [5, 5.41) is 66.5. The minimum atomic E-state index is -4.74. The van der Waals surface area contributed by atoms with Crippen molar-refractivity contribution in [2.75, 3.05) is 176 Å². The van der Waals surface area contributed by atoms with Crippen molar-refractivity contribution in [1.29, 1.82) is 0 Å². The highest BCUT2D eigenvalue weighted by Gasteiger charge is 2.25. The molecule has 0 spiro atoms. The van der Waals surface area contributed by atoms with E-state index in [9.17, 15) is 71.2 Å². The molecular weight excluding hydrogens is 1310 g/mol. The summed E-state index contributed by atoms with van der Waals surface area (Å²) in [6, 6.07) is 20.1. The van der Waals surface area contributed by atoms with E-state index in [0.29, 0.717) is 64.5 Å². The van der Waals surface area contributed by atoms with E-state index < -0.39 is 78.1 Å². The summed E-state index contributed by atoms with van der Waals surface area (Å²) in [6.07, 6.45) is -3.92. The Morgan fingerprint density at radius 1 is 0.463 bits per heavy atom. The van der Waals surface area contributed by atoms with Crippen molar-refractivity contribution in [1.82, 2.24) is 54.1 Å². The average molecular weight is 1420 g/mol. The summed E-state index contributed by atoms with van der Waals surface area (Å²) in [7, 11) is -16.3. The fraction of sp³-hybridized carbons (Fsp3) is 0.694. The Morgan fingerprint density at radius 2 is 0.716 bits per heavy atom. The molecule has 2 unspecified atom stereocenters. The number of nitrogens with one attached hydrogen (secondary N) is 2. The first kappa shape index (κ1) is 84.1. The highest BCUT2D eigenvalue weighted by molar-refractivity contribution is 7.90. The number of amides is 1. The van der Waals surface area contributed by atoms with Gasteiger partial charge in [0.15, 0.2) is 0 Å². The highest BCUT2D eigenvalue weighted by Crippen LogP contribution is 2.40. The number of carbonyl (C=O) groups excluding carboxylic acids is 1. The van der Waals surface area contributed by atoms with Crippen LogP contribution in [0.15, 0.2) is 82.6 Å². The van der Waals surface area contributed by atoms with E-state index in [1.54, 1.807) is 97.0 Å². The number of primary sulfonamides is 1. The van der Waals surface area contributed by atoms with E-state index in [0.717, 1.165) is 134 Å². The summed E-state index contributed by atoms with van der Waals surface area (Å²) in [5.74, 6) is -0.425. The predicted octanol–water partition coefficient (Wildman–Crippen LogP) is -1.06. The number of nitrogens with two attached hydrogens (primary N) is 1. The Labute approximate surface area is 564 Å². The second-order valence-corrected chi connectivity index (χ2v) is 32.2. The molecule has 3 aromatic carbocycles. The van der Waals surface area contributed by atoms with Crippen molar-refractivity contribution in [3.05, 3.63) is 95.1 Å². The van der Waals surface area contributed by atoms with Crippen LogP contribution in [0.4, 0.5) is 0 Å². The number of nitrogens with zero attached hydrogens (tertiary/aromatic N) is 9. The molecular formula is C62H111N12O17P2S2-. The summed E-state index contributed by atoms with van der Waals surface area (Å²) >= 11 is 0. The van der Waals surface area contributed by atoms with E-state index >= 15 is 0 Å². The maximum Gasteiger partial charge on any atom is 0.347 e. The zero-order chi connectivity index (χ0) is 70.5. The van der Waals surface area contributed by atoms with Crippen molar-refractivity contribution in [2.24, 2.45) is 5.14 Å². The van der Waals surface area contributed by atoms with E-state index in [4.69, 9.17) is 14.6 Å². The lowest BCUT2D eigenvalue weighted by atomic mass is 10.1. The van der Waals surface area contributed by atoms with Gasteiger partial charge in [-0.3, -0.25) is 53.5 Å². The van der Waals surface area contributed by atoms with Gasteiger partial charge in [-0.05, 0) is 102 Å². The Kier molecular flexibility index (Phi) is 37.2. The maximum atomic E-state index is 12.3. The maximum absolute atomic E-state index is 12.3. The van der Waals surface area contributed by atoms with Gasteiger partial charge >= 0.3 is 7.60 Å². The third-order valence-electron chi connectivity index (χ3n) is 15.9. The van der Waals surface area contributed by atoms with Crippen molar-refractivity contribution >= 4 is 41.1 Å². The third-order valence-corrected chi connectivity index (χ3v) is 20.2. The number of sulfonamides is 2. The van der Waals surface area contributed by atoms with Crippen molar-refractivity contribution < 1.29 is 80.6 Å². The quantitative estimate of drug-likeness (QED) is 0.0386. The molecule has 3 fully saturated rings. The van der Waals surface area contributed by atoms with E-state index in [1.807, 2.05) is 16.9 Å². The van der Waals surface area contributed by atoms with Gasteiger partial charge in [-0.2, -0.15) is 0 Å². The van der Waals surface area contributed by atoms with Gasteiger partial charge in [-0.25, -0.2) is 26.7 Å². The number of aliphatic hydroxyl groups excluding tert-OH is 6. The van der Waals surface area contributed by atoms with Crippen LogP contribution in [0.5, 0.6) is 0 Å². The van der Waals surface area contributed by atoms with Gasteiger partial charge in [-0.15, -0.1) is 0 Å². The molecule has 0 aromatic heterocycles. The van der Waals surface area contributed by atoms with Gasteiger partial charge < -0.3 is 59.7 Å². The fourth-order valence-electron chi connectivity index (χ4n) is 11.2. The molecule has 0 aliphatic carbocycles. The van der Waals surface area contributed by atoms with Gasteiger partial charge in [0.2, 0.25) is 20.0 Å². The first-order valence-corrected chi connectivity index (χ1v) is 39.3. The molecule has 0 saturated carbocycles. The molecule has 0 bridgehead atoms. The zero-order valence-electron chi connectivity index (χ0n) is 56.7. The Hall–Kier alpha value is -3.35. The summed E-state index contributed by atoms with van der Waals surface area (Å²) in [6.45, 7) is 32.9. The second-order valence-electron chi connectivity index (χ2n) is 25.4. The average Bonchev–Trinajstić information content (AvgIpc) is 1.08. The molecule has 29 nitrogen and oxygen atoms in total. The normalized spacial score (nSPS) is 21.0. The summed E-state index contributed by atoms with van der Waals surface area (Å²) < 4.78 is 76.5. The van der Waals surface area contributed by atoms with Gasteiger partial charge in [0.25, 0.3) is 5.91 Å². The molecule has 8 atom stereocenters. The van der Waals surface area contributed by atoms with Crippen LogP contribution in [0, 0.1) is 0 Å². The molecule has 3 saturated heterocycles. The number of benzene rings is 3. The summed E-state index contributed by atoms with van der Waals surface area (Å²) in [4.78, 5) is 61.9. The molecule has 95 heavy (non-hydrogen) atoms. The number of β-amino-alcohol motifs (C(OH)–C–C–N with tert-alkyl or cyclic N) is 6. The van der Waals surface area contributed by atoms with Gasteiger partial charge in [0, 0.05) is 182 Å². The van der Waals surface area contributed by atoms with Crippen LogP contribution in [0.25, 0.3) is 0 Å². The molecule has 3 aliphatic heterocycles. The monoisotopic (exact) mass is 1420 g/mol. The van der Waals surface area contributed by atoms with Crippen LogP contribution >= 0.6 is 15.2 Å². The molecule has 3 heterocycles. The molecule has 12 N–H and O–H groups in total. The van der Waals surface area contributed by atoms with Gasteiger partial charge in [0.1, 0.15) is 13.9 Å². The first-order valence-electron chi connectivity index (χ1n) is 32.7. The Bertz CT molecular complexity index is 2930. The molecule has 33 heteroatoms. The lowest BCUT2D eigenvalue weighted by molar-refractivity contribution is -0.193. The van der Waals surface area contributed by atoms with Crippen molar-refractivity contribution in [3.63, 3.8) is 0 Å². The summed E-state index contributed by atoms with van der Waals surface area (Å²) in [5.41, 5.74) is 3.39. The van der Waals surface area contributed by atoms with Crippen LogP contribution < -0.4 is 20.1 Å². The molecule has 0 radical (unpaired) electrons. The van der Waals surface area contributed by atoms with E-state index in [2.05, 4.69) is 49.4 Å². The predicted molar refractivity (Wildman–Crippen MR) is 364 cm³/mol. The highest BCUT2D eigenvalue weighted by atomic mass is 32.2. The van der Waals surface area contributed by atoms with Gasteiger partial charge in [-0.1, -0.05) is 36.4 Å². The standard InChI is InChI=1S/C23H41N4O6P.C20H37N4O7PS.C19H34N4O4S/c1-4-33-34(31,32)18-24-23(30)22-7-5-21(6-8-22)17-27-13-11-25(15-19(2)28)9-10-26(12-14-27)16-20(3)29;1-17(25)13-22-7-8-23(14-18(2)26)10-12-24(11-9-22)15-19-3-5-20(6-4-19)33(30,31)21-16-32(27,28)29;1-16(24)13-21-7-8-22(14-17(2)25)10-12-23(11-9-21)15-18-3-5-19(6-4-18)28(20,26)27/h5-8,19-20,28-29H,4,9-18H2,1-3H3,(H,24,30)(H,31,32);3-6,17-18,21,25-26H,7-16H2,1-2H3,(H2,27,28,29);3-6,16-17,24-25H,7-15H2,1-2H3,(H2,20,26,27)/p-1/t19-,20-;17-,18-;16-,17-/m000/s1. The fourth-order valence-corrected chi connectivity index (χ4v) is 14.6. The molecule has 544 valence electrons. The van der Waals surface area contributed by atoms with Crippen molar-refractivity contribution in [3.8, 4) is 0 Å². The minimum Gasteiger partial charge on any atom is -0.778 e. The number of aliphatic hydroxyl groups is 6. The van der Waals surface area contributed by atoms with E-state index in [-0.39, 0.29) is 28.6 Å². The third kappa shape index (κ3) is 36.0. The molecule has 3 aromatic rings. The first-order chi connectivity index (χ1) is 44.5.